The van der Waals surface area contributed by atoms with Gasteiger partial charge in [0.2, 0.25) is 5.91 Å². The summed E-state index contributed by atoms with van der Waals surface area (Å²) in [5.41, 5.74) is 2.07. The molecule has 0 saturated heterocycles. The predicted molar refractivity (Wildman–Crippen MR) is 118 cm³/mol. The Morgan fingerprint density at radius 2 is 1.52 bits per heavy atom. The number of methoxy groups -OCH3 is 1. The molecule has 3 aromatic rings. The van der Waals surface area contributed by atoms with E-state index in [-0.39, 0.29) is 18.3 Å². The van der Waals surface area contributed by atoms with Crippen molar-refractivity contribution in [2.24, 2.45) is 0 Å². The molecule has 0 heterocycles. The van der Waals surface area contributed by atoms with Crippen LogP contribution in [0.4, 0.5) is 11.4 Å². The zero-order chi connectivity index (χ0) is 22.2. The highest BCUT2D eigenvalue weighted by atomic mass is 16.5. The van der Waals surface area contributed by atoms with Crippen molar-refractivity contribution < 1.29 is 23.9 Å². The quantitative estimate of drug-likeness (QED) is 0.541. The highest BCUT2D eigenvalue weighted by Gasteiger charge is 2.11. The van der Waals surface area contributed by atoms with E-state index in [9.17, 15) is 14.4 Å². The average Bonchev–Trinajstić information content (AvgIpc) is 2.78. The molecule has 0 radical (unpaired) electrons. The Balaban J connectivity index is 1.60. The standard InChI is InChI=1S/C24H22N2O5/c1-16(27)25-19-10-13-22(30-2)21(14-19)26-23(28)15-31-20-11-8-18(9-12-20)24(29)17-6-4-3-5-7-17/h3-14H,15H2,1-2H3,(H,25,27)(H,26,28). The fourth-order valence-corrected chi connectivity index (χ4v) is 2.88. The van der Waals surface area contributed by atoms with Crippen LogP contribution in [0.1, 0.15) is 22.8 Å². The van der Waals surface area contributed by atoms with Gasteiger partial charge in [-0.05, 0) is 42.5 Å². The monoisotopic (exact) mass is 418 g/mol. The van der Waals surface area contributed by atoms with E-state index in [1.165, 1.54) is 14.0 Å². The van der Waals surface area contributed by atoms with Crippen LogP contribution in [0.15, 0.2) is 72.8 Å². The van der Waals surface area contributed by atoms with E-state index >= 15 is 0 Å². The third-order valence-electron chi connectivity index (χ3n) is 4.32. The summed E-state index contributed by atoms with van der Waals surface area (Å²) in [6.07, 6.45) is 0. The second-order valence-corrected chi connectivity index (χ2v) is 6.65. The molecule has 3 aromatic carbocycles. The molecule has 7 heteroatoms. The normalized spacial score (nSPS) is 10.1. The molecule has 2 N–H and O–H groups in total. The summed E-state index contributed by atoms with van der Waals surface area (Å²) < 4.78 is 10.8. The summed E-state index contributed by atoms with van der Waals surface area (Å²) in [5, 5.41) is 5.35. The van der Waals surface area contributed by atoms with Crippen molar-refractivity contribution in [1.29, 1.82) is 0 Å². The van der Waals surface area contributed by atoms with E-state index in [2.05, 4.69) is 10.6 Å². The van der Waals surface area contributed by atoms with Gasteiger partial charge >= 0.3 is 0 Å². The lowest BCUT2D eigenvalue weighted by molar-refractivity contribution is -0.118. The van der Waals surface area contributed by atoms with Gasteiger partial charge in [-0.1, -0.05) is 30.3 Å². The first kappa shape index (κ1) is 21.6. The maximum absolute atomic E-state index is 12.4. The number of rotatable bonds is 8. The van der Waals surface area contributed by atoms with Crippen molar-refractivity contribution in [2.75, 3.05) is 24.4 Å². The maximum atomic E-state index is 12.4. The Kier molecular flexibility index (Phi) is 7.01. The van der Waals surface area contributed by atoms with Gasteiger partial charge in [0.1, 0.15) is 11.5 Å². The number of hydrogen-bond donors (Lipinski definition) is 2. The van der Waals surface area contributed by atoms with Crippen LogP contribution >= 0.6 is 0 Å². The SMILES string of the molecule is COc1ccc(NC(C)=O)cc1NC(=O)COc1ccc(C(=O)c2ccccc2)cc1. The molecule has 3 rings (SSSR count). The summed E-state index contributed by atoms with van der Waals surface area (Å²) >= 11 is 0. The predicted octanol–water partition coefficient (Wildman–Crippen LogP) is 3.90. The fraction of sp³-hybridized carbons (Fsp3) is 0.125. The minimum absolute atomic E-state index is 0.0870. The highest BCUT2D eigenvalue weighted by Crippen LogP contribution is 2.28. The Bertz CT molecular complexity index is 1080. The molecule has 0 saturated carbocycles. The summed E-state index contributed by atoms with van der Waals surface area (Å²) in [6.45, 7) is 1.16. The molecule has 0 spiro atoms. The number of ketones is 1. The molecule has 0 unspecified atom stereocenters. The second kappa shape index (κ2) is 10.1. The Morgan fingerprint density at radius 3 is 2.16 bits per heavy atom. The summed E-state index contributed by atoms with van der Waals surface area (Å²) in [6, 6.07) is 20.5. The molecule has 0 aliphatic rings. The minimum Gasteiger partial charge on any atom is -0.495 e. The van der Waals surface area contributed by atoms with Gasteiger partial charge in [-0.3, -0.25) is 14.4 Å². The van der Waals surface area contributed by atoms with Crippen LogP contribution < -0.4 is 20.1 Å². The van der Waals surface area contributed by atoms with Crippen LogP contribution in [0.2, 0.25) is 0 Å². The zero-order valence-electron chi connectivity index (χ0n) is 17.2. The lowest BCUT2D eigenvalue weighted by Crippen LogP contribution is -2.20. The topological polar surface area (TPSA) is 93.7 Å². The maximum Gasteiger partial charge on any atom is 0.262 e. The second-order valence-electron chi connectivity index (χ2n) is 6.65. The molecule has 0 aromatic heterocycles. The van der Waals surface area contributed by atoms with Crippen LogP contribution in [0, 0.1) is 0 Å². The van der Waals surface area contributed by atoms with Crippen LogP contribution in [0.3, 0.4) is 0 Å². The van der Waals surface area contributed by atoms with Gasteiger partial charge in [0.05, 0.1) is 12.8 Å². The smallest absolute Gasteiger partial charge is 0.262 e. The summed E-state index contributed by atoms with van der Waals surface area (Å²) in [4.78, 5) is 36.0. The van der Waals surface area contributed by atoms with E-state index < -0.39 is 5.91 Å². The minimum atomic E-state index is -0.400. The zero-order valence-corrected chi connectivity index (χ0v) is 17.2. The number of anilines is 2. The number of carbonyl (C=O) groups excluding carboxylic acids is 3. The molecule has 0 aliphatic carbocycles. The number of ether oxygens (including phenoxy) is 2. The van der Waals surface area contributed by atoms with Gasteiger partial charge in [-0.25, -0.2) is 0 Å². The van der Waals surface area contributed by atoms with E-state index in [4.69, 9.17) is 9.47 Å². The molecule has 0 atom stereocenters. The lowest BCUT2D eigenvalue weighted by Gasteiger charge is -2.13. The van der Waals surface area contributed by atoms with Crippen LogP contribution in [0.5, 0.6) is 11.5 Å². The van der Waals surface area contributed by atoms with Crippen LogP contribution in [-0.4, -0.2) is 31.3 Å². The van der Waals surface area contributed by atoms with Gasteiger partial charge < -0.3 is 20.1 Å². The Morgan fingerprint density at radius 1 is 0.839 bits per heavy atom. The fourth-order valence-electron chi connectivity index (χ4n) is 2.88. The van der Waals surface area contributed by atoms with E-state index in [0.717, 1.165) is 0 Å². The molecule has 0 aliphatic heterocycles. The third kappa shape index (κ3) is 5.93. The van der Waals surface area contributed by atoms with Crippen molar-refractivity contribution in [1.82, 2.24) is 0 Å². The van der Waals surface area contributed by atoms with Crippen LogP contribution in [0.25, 0.3) is 0 Å². The average molecular weight is 418 g/mol. The molecule has 31 heavy (non-hydrogen) atoms. The van der Waals surface area contributed by atoms with Crippen molar-refractivity contribution in [3.8, 4) is 11.5 Å². The highest BCUT2D eigenvalue weighted by molar-refractivity contribution is 6.09. The number of benzene rings is 3. The molecule has 0 bridgehead atoms. The molecule has 158 valence electrons. The largest absolute Gasteiger partial charge is 0.495 e. The first-order chi connectivity index (χ1) is 15.0. The van der Waals surface area contributed by atoms with Gasteiger partial charge in [0.15, 0.2) is 12.4 Å². The van der Waals surface area contributed by atoms with Gasteiger partial charge in [0, 0.05) is 23.7 Å². The molecule has 0 fully saturated rings. The third-order valence-corrected chi connectivity index (χ3v) is 4.32. The number of hydrogen-bond acceptors (Lipinski definition) is 5. The molecular weight excluding hydrogens is 396 g/mol. The number of nitrogens with one attached hydrogen (secondary N) is 2. The van der Waals surface area contributed by atoms with E-state index in [1.807, 2.05) is 18.2 Å². The van der Waals surface area contributed by atoms with Gasteiger partial charge in [-0.2, -0.15) is 0 Å². The Hall–Kier alpha value is -4.13. The summed E-state index contributed by atoms with van der Waals surface area (Å²) in [5.74, 6) is 0.198. The van der Waals surface area contributed by atoms with Gasteiger partial charge in [-0.15, -0.1) is 0 Å². The number of carbonyl (C=O) groups is 3. The first-order valence-corrected chi connectivity index (χ1v) is 9.54. The molecule has 7 nitrogen and oxygen atoms in total. The van der Waals surface area contributed by atoms with Crippen molar-refractivity contribution in [3.63, 3.8) is 0 Å². The van der Waals surface area contributed by atoms with Crippen molar-refractivity contribution in [2.45, 2.75) is 6.92 Å². The Labute approximate surface area is 180 Å². The van der Waals surface area contributed by atoms with Crippen LogP contribution in [-0.2, 0) is 9.59 Å². The van der Waals surface area contributed by atoms with E-state index in [1.54, 1.807) is 54.6 Å². The lowest BCUT2D eigenvalue weighted by atomic mass is 10.0. The van der Waals surface area contributed by atoms with Crippen molar-refractivity contribution >= 4 is 29.0 Å². The molecule has 2 amide bonds. The van der Waals surface area contributed by atoms with Crippen molar-refractivity contribution in [3.05, 3.63) is 83.9 Å². The molecular formula is C24H22N2O5. The number of amides is 2. The van der Waals surface area contributed by atoms with E-state index in [0.29, 0.717) is 34.0 Å². The first-order valence-electron chi connectivity index (χ1n) is 9.54. The summed E-state index contributed by atoms with van der Waals surface area (Å²) in [7, 11) is 1.48. The van der Waals surface area contributed by atoms with Gasteiger partial charge in [0.25, 0.3) is 5.91 Å².